The number of carbonyl (C=O) groups is 2. The molecule has 0 bridgehead atoms. The second-order valence-electron chi connectivity index (χ2n) is 7.77. The van der Waals surface area contributed by atoms with Crippen LogP contribution in [-0.2, 0) is 11.2 Å². The number of aromatic amines is 1. The molecule has 4 aromatic rings. The van der Waals surface area contributed by atoms with Crippen LogP contribution in [0.1, 0.15) is 32.5 Å². The van der Waals surface area contributed by atoms with E-state index in [1.165, 1.54) is 29.4 Å². The lowest BCUT2D eigenvalue weighted by atomic mass is 9.92. The van der Waals surface area contributed by atoms with Crippen molar-refractivity contribution in [3.63, 3.8) is 0 Å². The summed E-state index contributed by atoms with van der Waals surface area (Å²) in [5, 5.41) is 5.86. The van der Waals surface area contributed by atoms with Gasteiger partial charge in [0.25, 0.3) is 0 Å². The summed E-state index contributed by atoms with van der Waals surface area (Å²) in [5.41, 5.74) is 4.70. The summed E-state index contributed by atoms with van der Waals surface area (Å²) in [7, 11) is 2.96. The Bertz CT molecular complexity index is 1330. The Morgan fingerprint density at radius 3 is 2.64 bits per heavy atom. The monoisotopic (exact) mass is 461 g/mol. The minimum atomic E-state index is -0.469. The molecule has 1 aliphatic heterocycles. The molecule has 33 heavy (non-hydrogen) atoms. The van der Waals surface area contributed by atoms with Gasteiger partial charge in [0.1, 0.15) is 10.6 Å². The van der Waals surface area contributed by atoms with Gasteiger partial charge in [-0.05, 0) is 47.2 Å². The first-order chi connectivity index (χ1) is 16.1. The third-order valence-electron chi connectivity index (χ3n) is 6.00. The van der Waals surface area contributed by atoms with Crippen LogP contribution in [0, 0.1) is 0 Å². The molecule has 0 unspecified atom stereocenters. The van der Waals surface area contributed by atoms with Crippen molar-refractivity contribution in [2.75, 3.05) is 26.1 Å². The Labute approximate surface area is 194 Å². The molecule has 2 N–H and O–H groups in total. The van der Waals surface area contributed by atoms with Crippen LogP contribution in [0.5, 0.6) is 5.75 Å². The average molecular weight is 462 g/mol. The molecule has 0 radical (unpaired) electrons. The number of carbonyl (C=O) groups excluding carboxylic acids is 2. The molecule has 168 valence electrons. The predicted molar refractivity (Wildman–Crippen MR) is 128 cm³/mol. The lowest BCUT2D eigenvalue weighted by Gasteiger charge is -2.36. The predicted octanol–water partition coefficient (Wildman–Crippen LogP) is 5.20. The van der Waals surface area contributed by atoms with E-state index in [2.05, 4.69) is 22.4 Å². The second kappa shape index (κ2) is 8.63. The summed E-state index contributed by atoms with van der Waals surface area (Å²) < 4.78 is 10.2. The fraction of sp³-hybridized carbons (Fsp3) is 0.200. The van der Waals surface area contributed by atoms with Crippen molar-refractivity contribution in [1.29, 1.82) is 0 Å². The van der Waals surface area contributed by atoms with Gasteiger partial charge in [-0.25, -0.2) is 9.59 Å². The van der Waals surface area contributed by atoms with Crippen molar-refractivity contribution in [1.82, 2.24) is 9.88 Å². The van der Waals surface area contributed by atoms with Crippen molar-refractivity contribution in [2.24, 2.45) is 0 Å². The fourth-order valence-electron chi connectivity index (χ4n) is 4.44. The van der Waals surface area contributed by atoms with Crippen LogP contribution < -0.4 is 10.1 Å². The number of rotatable bonds is 4. The zero-order valence-electron chi connectivity index (χ0n) is 18.3. The number of urea groups is 1. The first kappa shape index (κ1) is 21.1. The largest absolute Gasteiger partial charge is 0.497 e. The van der Waals surface area contributed by atoms with Crippen molar-refractivity contribution in [3.8, 4) is 5.75 Å². The summed E-state index contributed by atoms with van der Waals surface area (Å²) in [6.45, 7) is 0.537. The molecular formula is C25H23N3O4S. The SMILES string of the molecule is COC(=O)c1sccc1NC(=O)N1CCc2c([nH]c3ccccc23)[C@@H]1c1ccc(OC)cc1. The molecule has 1 aliphatic rings. The maximum Gasteiger partial charge on any atom is 0.350 e. The molecule has 0 spiro atoms. The van der Waals surface area contributed by atoms with Crippen molar-refractivity contribution >= 4 is 39.9 Å². The molecule has 2 amide bonds. The van der Waals surface area contributed by atoms with Crippen LogP contribution in [0.15, 0.2) is 60.0 Å². The number of benzene rings is 2. The number of esters is 1. The molecule has 3 heterocycles. The highest BCUT2D eigenvalue weighted by Crippen LogP contribution is 2.39. The van der Waals surface area contributed by atoms with E-state index >= 15 is 0 Å². The van der Waals surface area contributed by atoms with E-state index < -0.39 is 5.97 Å². The van der Waals surface area contributed by atoms with Crippen molar-refractivity contribution in [2.45, 2.75) is 12.5 Å². The number of thiophene rings is 1. The summed E-state index contributed by atoms with van der Waals surface area (Å²) in [4.78, 5) is 31.3. The van der Waals surface area contributed by atoms with E-state index in [0.29, 0.717) is 17.1 Å². The topological polar surface area (TPSA) is 83.7 Å². The number of methoxy groups -OCH3 is 2. The quantitative estimate of drug-likeness (QED) is 0.409. The number of H-pyrrole nitrogens is 1. The normalized spacial score (nSPS) is 15.2. The number of fused-ring (bicyclic) bond motifs is 3. The minimum Gasteiger partial charge on any atom is -0.497 e. The molecule has 5 rings (SSSR count). The van der Waals surface area contributed by atoms with Crippen molar-refractivity contribution < 1.29 is 19.1 Å². The van der Waals surface area contributed by atoms with Gasteiger partial charge >= 0.3 is 12.0 Å². The number of para-hydroxylation sites is 1. The number of amides is 2. The van der Waals surface area contributed by atoms with Gasteiger partial charge in [-0.2, -0.15) is 0 Å². The standard InChI is InChI=1S/C25H23N3O4S/c1-31-16-9-7-15(8-10-16)22-21-18(17-5-3-4-6-19(17)26-21)11-13-28(22)25(30)27-20-12-14-33-23(20)24(29)32-2/h3-10,12,14,22,26H,11,13H2,1-2H3,(H,27,30)/t22-/m0/s1. The van der Waals surface area contributed by atoms with E-state index in [1.807, 2.05) is 36.4 Å². The molecule has 0 saturated heterocycles. The molecule has 0 aliphatic carbocycles. The first-order valence-corrected chi connectivity index (χ1v) is 11.5. The van der Waals surface area contributed by atoms with Crippen LogP contribution in [0.3, 0.4) is 0 Å². The van der Waals surface area contributed by atoms with Crippen LogP contribution in [0.4, 0.5) is 10.5 Å². The lowest BCUT2D eigenvalue weighted by molar-refractivity contribution is 0.0607. The van der Waals surface area contributed by atoms with Gasteiger partial charge in [0, 0.05) is 23.1 Å². The van der Waals surface area contributed by atoms with Crippen LogP contribution >= 0.6 is 11.3 Å². The number of anilines is 1. The molecule has 0 saturated carbocycles. The van der Waals surface area contributed by atoms with E-state index in [0.717, 1.165) is 28.9 Å². The van der Waals surface area contributed by atoms with Gasteiger partial charge in [0.05, 0.1) is 25.9 Å². The average Bonchev–Trinajstić information content (AvgIpc) is 3.47. The summed E-state index contributed by atoms with van der Waals surface area (Å²) in [5.74, 6) is 0.284. The maximum atomic E-state index is 13.5. The molecule has 0 fully saturated rings. The van der Waals surface area contributed by atoms with Crippen LogP contribution in [0.2, 0.25) is 0 Å². The molecular weight excluding hydrogens is 438 g/mol. The number of hydrogen-bond acceptors (Lipinski definition) is 5. The third kappa shape index (κ3) is 3.72. The number of nitrogens with zero attached hydrogens (tertiary/aromatic N) is 1. The highest BCUT2D eigenvalue weighted by Gasteiger charge is 2.35. The minimum absolute atomic E-state index is 0.274. The number of aromatic nitrogens is 1. The Hall–Kier alpha value is -3.78. The zero-order chi connectivity index (χ0) is 22.9. The Morgan fingerprint density at radius 2 is 1.88 bits per heavy atom. The van der Waals surface area contributed by atoms with E-state index in [4.69, 9.17) is 9.47 Å². The first-order valence-electron chi connectivity index (χ1n) is 10.6. The highest BCUT2D eigenvalue weighted by atomic mass is 32.1. The van der Waals surface area contributed by atoms with Gasteiger partial charge < -0.3 is 24.7 Å². The Balaban J connectivity index is 1.55. The summed E-state index contributed by atoms with van der Waals surface area (Å²) >= 11 is 1.24. The summed E-state index contributed by atoms with van der Waals surface area (Å²) in [6.07, 6.45) is 0.729. The van der Waals surface area contributed by atoms with Crippen LogP contribution in [-0.4, -0.2) is 42.6 Å². The molecule has 7 nitrogen and oxygen atoms in total. The fourth-order valence-corrected chi connectivity index (χ4v) is 5.20. The Morgan fingerprint density at radius 1 is 1.09 bits per heavy atom. The second-order valence-corrected chi connectivity index (χ2v) is 8.68. The number of nitrogens with one attached hydrogen (secondary N) is 2. The van der Waals surface area contributed by atoms with Gasteiger partial charge in [-0.3, -0.25) is 0 Å². The van der Waals surface area contributed by atoms with Gasteiger partial charge in [-0.1, -0.05) is 30.3 Å². The zero-order valence-corrected chi connectivity index (χ0v) is 19.1. The van der Waals surface area contributed by atoms with Crippen LogP contribution in [0.25, 0.3) is 10.9 Å². The van der Waals surface area contributed by atoms with Gasteiger partial charge in [-0.15, -0.1) is 11.3 Å². The Kier molecular flexibility index (Phi) is 5.51. The molecule has 1 atom stereocenters. The molecule has 8 heteroatoms. The van der Waals surface area contributed by atoms with Crippen molar-refractivity contribution in [3.05, 3.63) is 81.7 Å². The van der Waals surface area contributed by atoms with E-state index in [1.54, 1.807) is 23.5 Å². The highest BCUT2D eigenvalue weighted by molar-refractivity contribution is 7.12. The van der Waals surface area contributed by atoms with E-state index in [9.17, 15) is 9.59 Å². The number of ether oxygens (including phenoxy) is 2. The van der Waals surface area contributed by atoms with Gasteiger partial charge in [0.15, 0.2) is 0 Å². The molecule has 2 aromatic carbocycles. The lowest BCUT2D eigenvalue weighted by Crippen LogP contribution is -2.43. The van der Waals surface area contributed by atoms with Gasteiger partial charge in [0.2, 0.25) is 0 Å². The maximum absolute atomic E-state index is 13.5. The van der Waals surface area contributed by atoms with E-state index in [-0.39, 0.29) is 12.1 Å². The molecule has 2 aromatic heterocycles. The number of hydrogen-bond donors (Lipinski definition) is 2. The smallest absolute Gasteiger partial charge is 0.350 e. The third-order valence-corrected chi connectivity index (χ3v) is 6.90. The summed E-state index contributed by atoms with van der Waals surface area (Å²) in [6, 6.07) is 17.1.